The maximum absolute atomic E-state index is 13.8. The fraction of sp³-hybridized carbons (Fsp3) is 0.357. The van der Waals surface area contributed by atoms with Gasteiger partial charge in [0.2, 0.25) is 0 Å². The molecule has 0 radical (unpaired) electrons. The molecule has 6 nitrogen and oxygen atoms in total. The number of hydrogen-bond acceptors (Lipinski definition) is 4. The Labute approximate surface area is 199 Å². The lowest BCUT2D eigenvalue weighted by molar-refractivity contribution is 0.546. The highest BCUT2D eigenvalue weighted by Crippen LogP contribution is 2.29. The van der Waals surface area contributed by atoms with Crippen LogP contribution in [0.25, 0.3) is 38.9 Å². The number of benzene rings is 2. The number of unbranched alkanes of at least 4 members (excludes halogenated alkanes) is 4. The second-order valence-electron chi connectivity index (χ2n) is 9.22. The minimum absolute atomic E-state index is 0.0323. The number of aryl methyl sites for hydroxylation is 3. The zero-order valence-corrected chi connectivity index (χ0v) is 20.4. The first kappa shape index (κ1) is 22.3. The molecule has 0 amide bonds. The van der Waals surface area contributed by atoms with Crippen LogP contribution in [0.2, 0.25) is 0 Å². The number of hydrogen-bond donors (Lipinski definition) is 0. The monoisotopic (exact) mass is 453 g/mol. The molecule has 2 aromatic carbocycles. The highest BCUT2D eigenvalue weighted by Gasteiger charge is 2.22. The molecule has 0 aliphatic rings. The number of fused-ring (bicyclic) bond motifs is 4. The van der Waals surface area contributed by atoms with E-state index >= 15 is 0 Å². The van der Waals surface area contributed by atoms with Crippen molar-refractivity contribution in [3.05, 3.63) is 69.8 Å². The normalized spacial score (nSPS) is 11.8. The van der Waals surface area contributed by atoms with Crippen molar-refractivity contribution < 1.29 is 0 Å². The molecule has 34 heavy (non-hydrogen) atoms. The van der Waals surface area contributed by atoms with E-state index in [9.17, 15) is 4.79 Å². The van der Waals surface area contributed by atoms with Crippen LogP contribution >= 0.6 is 0 Å². The largest absolute Gasteiger partial charge is 0.296 e. The van der Waals surface area contributed by atoms with Crippen molar-refractivity contribution in [3.8, 4) is 5.69 Å². The van der Waals surface area contributed by atoms with Gasteiger partial charge in [-0.05, 0) is 62.6 Å². The van der Waals surface area contributed by atoms with Crippen LogP contribution in [-0.2, 0) is 6.54 Å². The molecule has 0 unspecified atom stereocenters. The Morgan fingerprint density at radius 2 is 1.53 bits per heavy atom. The third kappa shape index (κ3) is 3.77. The van der Waals surface area contributed by atoms with Gasteiger partial charge in [0.05, 0.1) is 11.0 Å². The zero-order valence-electron chi connectivity index (χ0n) is 20.4. The van der Waals surface area contributed by atoms with Gasteiger partial charge in [0, 0.05) is 12.2 Å². The van der Waals surface area contributed by atoms with E-state index in [1.54, 1.807) is 0 Å². The summed E-state index contributed by atoms with van der Waals surface area (Å²) < 4.78 is 3.81. The third-order valence-corrected chi connectivity index (χ3v) is 6.79. The van der Waals surface area contributed by atoms with Crippen LogP contribution in [0.1, 0.15) is 56.0 Å². The van der Waals surface area contributed by atoms with Crippen LogP contribution in [0.4, 0.5) is 0 Å². The van der Waals surface area contributed by atoms with Gasteiger partial charge < -0.3 is 0 Å². The SMILES string of the molecule is CCCCCCCn1c(C)nc2c(c1=O)c1nc3ccccc3nc1n2-c1ccc(C)c(C)c1. The molecule has 0 atom stereocenters. The Balaban J connectivity index is 1.78. The van der Waals surface area contributed by atoms with E-state index in [1.807, 2.05) is 40.3 Å². The fourth-order valence-corrected chi connectivity index (χ4v) is 4.68. The van der Waals surface area contributed by atoms with E-state index in [2.05, 4.69) is 39.0 Å². The Kier molecular flexibility index (Phi) is 5.90. The third-order valence-electron chi connectivity index (χ3n) is 6.79. The quantitative estimate of drug-likeness (QED) is 0.276. The Morgan fingerprint density at radius 1 is 0.794 bits per heavy atom. The van der Waals surface area contributed by atoms with Crippen LogP contribution in [0.15, 0.2) is 47.3 Å². The molecular formula is C28H31N5O. The smallest absolute Gasteiger partial charge is 0.265 e. The molecule has 5 aromatic rings. The average Bonchev–Trinajstić information content (AvgIpc) is 3.13. The summed E-state index contributed by atoms with van der Waals surface area (Å²) in [5, 5.41) is 0.547. The molecule has 0 N–H and O–H groups in total. The van der Waals surface area contributed by atoms with Gasteiger partial charge in [0.1, 0.15) is 16.7 Å². The van der Waals surface area contributed by atoms with Crippen LogP contribution in [0.3, 0.4) is 0 Å². The Morgan fingerprint density at radius 3 is 2.26 bits per heavy atom. The molecule has 0 fully saturated rings. The molecule has 6 heteroatoms. The van der Waals surface area contributed by atoms with E-state index in [4.69, 9.17) is 15.0 Å². The first-order valence-electron chi connectivity index (χ1n) is 12.3. The fourth-order valence-electron chi connectivity index (χ4n) is 4.68. The molecule has 0 spiro atoms. The molecule has 0 saturated heterocycles. The topological polar surface area (TPSA) is 65.6 Å². The average molecular weight is 454 g/mol. The van der Waals surface area contributed by atoms with Gasteiger partial charge in [-0.2, -0.15) is 0 Å². The van der Waals surface area contributed by atoms with Gasteiger partial charge in [-0.15, -0.1) is 0 Å². The summed E-state index contributed by atoms with van der Waals surface area (Å²) in [6, 6.07) is 14.1. The summed E-state index contributed by atoms with van der Waals surface area (Å²) in [5.74, 6) is 0.727. The predicted octanol–water partition coefficient (Wildman–Crippen LogP) is 6.18. The van der Waals surface area contributed by atoms with Gasteiger partial charge in [-0.1, -0.05) is 50.8 Å². The van der Waals surface area contributed by atoms with Crippen molar-refractivity contribution in [1.29, 1.82) is 0 Å². The van der Waals surface area contributed by atoms with E-state index in [1.165, 1.54) is 30.4 Å². The number of aromatic nitrogens is 5. The summed E-state index contributed by atoms with van der Waals surface area (Å²) in [6.07, 6.45) is 5.73. The van der Waals surface area contributed by atoms with Gasteiger partial charge in [-0.25, -0.2) is 15.0 Å². The van der Waals surface area contributed by atoms with Crippen molar-refractivity contribution in [2.75, 3.05) is 0 Å². The van der Waals surface area contributed by atoms with Crippen molar-refractivity contribution in [1.82, 2.24) is 24.1 Å². The Hall–Kier alpha value is -3.54. The lowest BCUT2D eigenvalue weighted by Crippen LogP contribution is -2.24. The molecular weight excluding hydrogens is 422 g/mol. The van der Waals surface area contributed by atoms with E-state index in [0.29, 0.717) is 28.7 Å². The van der Waals surface area contributed by atoms with E-state index < -0.39 is 0 Å². The molecule has 174 valence electrons. The van der Waals surface area contributed by atoms with Gasteiger partial charge >= 0.3 is 0 Å². The lowest BCUT2D eigenvalue weighted by atomic mass is 10.1. The van der Waals surface area contributed by atoms with Crippen LogP contribution < -0.4 is 5.56 Å². The highest BCUT2D eigenvalue weighted by molar-refractivity contribution is 6.05. The number of para-hydroxylation sites is 2. The van der Waals surface area contributed by atoms with Gasteiger partial charge in [0.25, 0.3) is 5.56 Å². The van der Waals surface area contributed by atoms with Crippen molar-refractivity contribution in [2.45, 2.75) is 66.3 Å². The maximum atomic E-state index is 13.8. The van der Waals surface area contributed by atoms with Crippen molar-refractivity contribution in [3.63, 3.8) is 0 Å². The summed E-state index contributed by atoms with van der Waals surface area (Å²) >= 11 is 0. The number of rotatable bonds is 7. The second kappa shape index (κ2) is 9.01. The molecule has 0 aliphatic heterocycles. The standard InChI is InChI=1S/C28H31N5O/c1-5-6-7-8-11-16-32-20(4)29-26-24(28(32)34)25-27(31-23-13-10-9-12-22(23)30-25)33(26)21-15-14-18(2)19(3)17-21/h9-10,12-15,17H,5-8,11,16H2,1-4H3. The van der Waals surface area contributed by atoms with Crippen LogP contribution in [0.5, 0.6) is 0 Å². The van der Waals surface area contributed by atoms with Gasteiger partial charge in [-0.3, -0.25) is 13.9 Å². The molecule has 5 rings (SSSR count). The minimum atomic E-state index is -0.0323. The summed E-state index contributed by atoms with van der Waals surface area (Å²) in [4.78, 5) is 28.6. The summed E-state index contributed by atoms with van der Waals surface area (Å²) in [6.45, 7) is 9.00. The lowest BCUT2D eigenvalue weighted by Gasteiger charge is -2.12. The van der Waals surface area contributed by atoms with E-state index in [0.717, 1.165) is 35.4 Å². The highest BCUT2D eigenvalue weighted by atomic mass is 16.1. The minimum Gasteiger partial charge on any atom is -0.296 e. The van der Waals surface area contributed by atoms with Gasteiger partial charge in [0.15, 0.2) is 11.3 Å². The second-order valence-corrected chi connectivity index (χ2v) is 9.22. The van der Waals surface area contributed by atoms with Crippen molar-refractivity contribution >= 4 is 33.2 Å². The first-order chi connectivity index (χ1) is 16.5. The first-order valence-corrected chi connectivity index (χ1v) is 12.3. The maximum Gasteiger partial charge on any atom is 0.265 e. The summed E-state index contributed by atoms with van der Waals surface area (Å²) in [5.41, 5.74) is 6.79. The molecule has 0 saturated carbocycles. The summed E-state index contributed by atoms with van der Waals surface area (Å²) in [7, 11) is 0. The molecule has 0 aliphatic carbocycles. The van der Waals surface area contributed by atoms with Crippen LogP contribution in [-0.4, -0.2) is 24.1 Å². The molecule has 0 bridgehead atoms. The zero-order chi connectivity index (χ0) is 23.8. The Bertz CT molecular complexity index is 1580. The van der Waals surface area contributed by atoms with Crippen molar-refractivity contribution in [2.24, 2.45) is 0 Å². The van der Waals surface area contributed by atoms with Crippen LogP contribution in [0, 0.1) is 20.8 Å². The molecule has 3 heterocycles. The molecule has 3 aromatic heterocycles. The van der Waals surface area contributed by atoms with E-state index in [-0.39, 0.29) is 5.56 Å². The number of nitrogens with zero attached hydrogens (tertiary/aromatic N) is 5. The predicted molar refractivity (Wildman–Crippen MR) is 139 cm³/mol.